The number of hydrogen-bond donors (Lipinski definition) is 1. The van der Waals surface area contributed by atoms with Crippen molar-refractivity contribution in [2.24, 2.45) is 16.8 Å². The zero-order valence-corrected chi connectivity index (χ0v) is 14.8. The predicted octanol–water partition coefficient (Wildman–Crippen LogP) is 1.36. The lowest BCUT2D eigenvalue weighted by atomic mass is 10.1. The molecule has 0 radical (unpaired) electrons. The van der Waals surface area contributed by atoms with Crippen molar-refractivity contribution in [2.45, 2.75) is 26.2 Å². The summed E-state index contributed by atoms with van der Waals surface area (Å²) in [5, 5.41) is 3.45. The molecule has 2 aliphatic heterocycles. The highest BCUT2D eigenvalue weighted by Gasteiger charge is 2.24. The minimum absolute atomic E-state index is 0.600. The van der Waals surface area contributed by atoms with Gasteiger partial charge >= 0.3 is 0 Å². The van der Waals surface area contributed by atoms with Gasteiger partial charge in [0.1, 0.15) is 0 Å². The first-order valence-corrected chi connectivity index (χ1v) is 9.02. The van der Waals surface area contributed by atoms with Crippen LogP contribution in [0.5, 0.6) is 0 Å². The van der Waals surface area contributed by atoms with Gasteiger partial charge in [-0.25, -0.2) is 0 Å². The van der Waals surface area contributed by atoms with Gasteiger partial charge in [-0.05, 0) is 26.2 Å². The number of likely N-dealkylation sites (tertiary alicyclic amines) is 1. The van der Waals surface area contributed by atoms with Gasteiger partial charge in [-0.1, -0.05) is 0 Å². The molecule has 0 saturated carbocycles. The molecule has 6 heteroatoms. The topological polar surface area (TPSA) is 55.3 Å². The largest absolute Gasteiger partial charge is 0.381 e. The number of rotatable bonds is 9. The maximum absolute atomic E-state index is 5.73. The third kappa shape index (κ3) is 6.65. The minimum Gasteiger partial charge on any atom is -0.381 e. The van der Waals surface area contributed by atoms with Crippen LogP contribution in [-0.4, -0.2) is 77.2 Å². The summed E-state index contributed by atoms with van der Waals surface area (Å²) in [6.45, 7) is 10.1. The lowest BCUT2D eigenvalue weighted by Gasteiger charge is -2.21. The summed E-state index contributed by atoms with van der Waals surface area (Å²) in [4.78, 5) is 6.73. The van der Waals surface area contributed by atoms with Crippen LogP contribution in [0.3, 0.4) is 0 Å². The van der Waals surface area contributed by atoms with Crippen molar-refractivity contribution in [3.05, 3.63) is 0 Å². The molecule has 2 atom stereocenters. The second-order valence-electron chi connectivity index (χ2n) is 6.39. The van der Waals surface area contributed by atoms with Crippen molar-refractivity contribution in [1.82, 2.24) is 10.2 Å². The van der Waals surface area contributed by atoms with E-state index in [-0.39, 0.29) is 0 Å². The van der Waals surface area contributed by atoms with Gasteiger partial charge in [0.05, 0.1) is 19.8 Å². The second-order valence-corrected chi connectivity index (χ2v) is 6.39. The first kappa shape index (κ1) is 18.5. The van der Waals surface area contributed by atoms with Gasteiger partial charge in [0.2, 0.25) is 0 Å². The minimum atomic E-state index is 0.600. The van der Waals surface area contributed by atoms with Crippen LogP contribution < -0.4 is 5.32 Å². The van der Waals surface area contributed by atoms with Gasteiger partial charge in [0.25, 0.3) is 0 Å². The lowest BCUT2D eigenvalue weighted by Crippen LogP contribution is -2.40. The zero-order valence-electron chi connectivity index (χ0n) is 14.8. The molecule has 2 heterocycles. The summed E-state index contributed by atoms with van der Waals surface area (Å²) in [6.07, 6.45) is 3.33. The highest BCUT2D eigenvalue weighted by molar-refractivity contribution is 5.80. The van der Waals surface area contributed by atoms with Crippen molar-refractivity contribution < 1.29 is 14.2 Å². The van der Waals surface area contributed by atoms with E-state index in [0.717, 1.165) is 78.1 Å². The van der Waals surface area contributed by atoms with Gasteiger partial charge in [-0.3, -0.25) is 4.99 Å². The molecular formula is C17H33N3O3. The molecule has 0 bridgehead atoms. The first-order valence-electron chi connectivity index (χ1n) is 9.02. The maximum atomic E-state index is 5.73. The SMILES string of the molecule is CCOCC1CCN(C(=NC)NCCCOCC2CCOC2)C1. The molecule has 2 saturated heterocycles. The summed E-state index contributed by atoms with van der Waals surface area (Å²) in [5.74, 6) is 2.24. The van der Waals surface area contributed by atoms with Crippen LogP contribution in [0, 0.1) is 11.8 Å². The second kappa shape index (κ2) is 10.8. The normalized spacial score (nSPS) is 25.3. The Morgan fingerprint density at radius 3 is 2.87 bits per heavy atom. The summed E-state index contributed by atoms with van der Waals surface area (Å²) < 4.78 is 16.6. The Bertz CT molecular complexity index is 346. The van der Waals surface area contributed by atoms with Gasteiger partial charge in [0.15, 0.2) is 5.96 Å². The fourth-order valence-electron chi connectivity index (χ4n) is 3.12. The summed E-state index contributed by atoms with van der Waals surface area (Å²) in [5.41, 5.74) is 0. The molecule has 2 rings (SSSR count). The van der Waals surface area contributed by atoms with E-state index in [9.17, 15) is 0 Å². The van der Waals surface area contributed by atoms with Crippen molar-refractivity contribution in [3.63, 3.8) is 0 Å². The first-order chi connectivity index (χ1) is 11.3. The van der Waals surface area contributed by atoms with E-state index in [1.54, 1.807) is 0 Å². The third-order valence-corrected chi connectivity index (χ3v) is 4.48. The smallest absolute Gasteiger partial charge is 0.193 e. The highest BCUT2D eigenvalue weighted by Crippen LogP contribution is 2.16. The fourth-order valence-corrected chi connectivity index (χ4v) is 3.12. The van der Waals surface area contributed by atoms with Crippen molar-refractivity contribution in [1.29, 1.82) is 0 Å². The molecule has 23 heavy (non-hydrogen) atoms. The maximum Gasteiger partial charge on any atom is 0.193 e. The lowest BCUT2D eigenvalue weighted by molar-refractivity contribution is 0.0887. The van der Waals surface area contributed by atoms with E-state index in [0.29, 0.717) is 11.8 Å². The van der Waals surface area contributed by atoms with E-state index in [1.807, 2.05) is 7.05 Å². The van der Waals surface area contributed by atoms with Crippen LogP contribution in [-0.2, 0) is 14.2 Å². The Hall–Kier alpha value is -0.850. The Balaban J connectivity index is 1.53. The number of ether oxygens (including phenoxy) is 3. The van der Waals surface area contributed by atoms with Gasteiger partial charge < -0.3 is 24.4 Å². The Kier molecular flexibility index (Phi) is 8.71. The van der Waals surface area contributed by atoms with E-state index < -0.39 is 0 Å². The van der Waals surface area contributed by atoms with E-state index >= 15 is 0 Å². The predicted molar refractivity (Wildman–Crippen MR) is 91.9 cm³/mol. The quantitative estimate of drug-likeness (QED) is 0.394. The summed E-state index contributed by atoms with van der Waals surface area (Å²) >= 11 is 0. The van der Waals surface area contributed by atoms with Crippen molar-refractivity contribution in [3.8, 4) is 0 Å². The van der Waals surface area contributed by atoms with Crippen molar-refractivity contribution in [2.75, 3.05) is 66.3 Å². The molecule has 0 aromatic carbocycles. The van der Waals surface area contributed by atoms with Crippen LogP contribution in [0.1, 0.15) is 26.2 Å². The molecule has 1 N–H and O–H groups in total. The average molecular weight is 327 g/mol. The van der Waals surface area contributed by atoms with Gasteiger partial charge in [-0.15, -0.1) is 0 Å². The monoisotopic (exact) mass is 327 g/mol. The fraction of sp³-hybridized carbons (Fsp3) is 0.941. The number of hydrogen-bond acceptors (Lipinski definition) is 4. The number of nitrogens with zero attached hydrogens (tertiary/aromatic N) is 2. The van der Waals surface area contributed by atoms with Crippen molar-refractivity contribution >= 4 is 5.96 Å². The van der Waals surface area contributed by atoms with E-state index in [1.165, 1.54) is 6.42 Å². The summed E-state index contributed by atoms with van der Waals surface area (Å²) in [6, 6.07) is 0. The molecular weight excluding hydrogens is 294 g/mol. The van der Waals surface area contributed by atoms with Gasteiger partial charge in [-0.2, -0.15) is 0 Å². The molecule has 0 spiro atoms. The molecule has 6 nitrogen and oxygen atoms in total. The molecule has 2 fully saturated rings. The number of guanidine groups is 1. The van der Waals surface area contributed by atoms with Crippen LogP contribution in [0.15, 0.2) is 4.99 Å². The zero-order chi connectivity index (χ0) is 16.3. The molecule has 0 aromatic heterocycles. The average Bonchev–Trinajstić information content (AvgIpc) is 3.24. The van der Waals surface area contributed by atoms with Crippen LogP contribution >= 0.6 is 0 Å². The summed E-state index contributed by atoms with van der Waals surface area (Å²) in [7, 11) is 1.86. The van der Waals surface area contributed by atoms with E-state index in [2.05, 4.69) is 22.1 Å². The Morgan fingerprint density at radius 2 is 2.13 bits per heavy atom. The Morgan fingerprint density at radius 1 is 1.26 bits per heavy atom. The molecule has 2 aliphatic rings. The molecule has 0 aromatic rings. The number of aliphatic imine (C=N–C) groups is 1. The Labute approximate surface area is 140 Å². The van der Waals surface area contributed by atoms with Crippen LogP contribution in [0.4, 0.5) is 0 Å². The molecule has 0 amide bonds. The number of nitrogens with one attached hydrogen (secondary N) is 1. The molecule has 2 unspecified atom stereocenters. The molecule has 0 aliphatic carbocycles. The van der Waals surface area contributed by atoms with Crippen LogP contribution in [0.25, 0.3) is 0 Å². The highest BCUT2D eigenvalue weighted by atomic mass is 16.5. The van der Waals surface area contributed by atoms with Crippen LogP contribution in [0.2, 0.25) is 0 Å². The van der Waals surface area contributed by atoms with E-state index in [4.69, 9.17) is 14.2 Å². The third-order valence-electron chi connectivity index (χ3n) is 4.48. The standard InChI is InChI=1S/C17H33N3O3/c1-3-21-12-15-5-8-20(11-15)17(18-2)19-7-4-9-22-13-16-6-10-23-14-16/h15-16H,3-14H2,1-2H3,(H,18,19). The van der Waals surface area contributed by atoms with Gasteiger partial charge in [0, 0.05) is 58.3 Å². The molecule has 134 valence electrons.